The van der Waals surface area contributed by atoms with Crippen molar-refractivity contribution in [1.82, 2.24) is 4.90 Å². The number of benzene rings is 2. The molecule has 1 fully saturated rings. The third kappa shape index (κ3) is 3.82. The van der Waals surface area contributed by atoms with Gasteiger partial charge in [-0.2, -0.15) is 13.2 Å². The van der Waals surface area contributed by atoms with Crippen LogP contribution in [0.2, 0.25) is 15.1 Å². The van der Waals surface area contributed by atoms with E-state index in [1.807, 2.05) is 26.0 Å². The van der Waals surface area contributed by atoms with Crippen LogP contribution in [0.1, 0.15) is 42.5 Å². The van der Waals surface area contributed by atoms with Crippen molar-refractivity contribution in [3.8, 4) is 0 Å². The molecule has 3 aliphatic rings. The van der Waals surface area contributed by atoms with Crippen LogP contribution in [-0.2, 0) is 32.1 Å². The van der Waals surface area contributed by atoms with Gasteiger partial charge in [-0.05, 0) is 40.5 Å². The minimum atomic E-state index is -4.74. The van der Waals surface area contributed by atoms with E-state index < -0.39 is 23.8 Å². The van der Waals surface area contributed by atoms with Crippen molar-refractivity contribution in [2.75, 3.05) is 13.1 Å². The van der Waals surface area contributed by atoms with Gasteiger partial charge in [0.25, 0.3) is 0 Å². The molecule has 0 N–H and O–H groups in total. The van der Waals surface area contributed by atoms with Gasteiger partial charge in [0.1, 0.15) is 5.60 Å². The molecule has 3 aliphatic heterocycles. The molecule has 1 spiro atoms. The molecule has 0 radical (unpaired) electrons. The van der Waals surface area contributed by atoms with Crippen molar-refractivity contribution >= 4 is 46.3 Å². The van der Waals surface area contributed by atoms with Crippen LogP contribution in [0.15, 0.2) is 36.6 Å². The molecule has 2 aromatic rings. The molecule has 35 heavy (non-hydrogen) atoms. The highest BCUT2D eigenvalue weighted by Crippen LogP contribution is 2.54. The number of amides is 1. The summed E-state index contributed by atoms with van der Waals surface area (Å²) in [5, 5.41) is -0.182. The second kappa shape index (κ2) is 8.30. The van der Waals surface area contributed by atoms with Gasteiger partial charge in [0.2, 0.25) is 11.5 Å². The maximum atomic E-state index is 14.4. The number of alkyl halides is 3. The summed E-state index contributed by atoms with van der Waals surface area (Å²) in [6.45, 7) is 4.98. The molecule has 0 aliphatic carbocycles. The van der Waals surface area contributed by atoms with Gasteiger partial charge >= 0.3 is 6.18 Å². The number of fused-ring (bicyclic) bond motifs is 2. The van der Waals surface area contributed by atoms with Crippen LogP contribution in [-0.4, -0.2) is 30.1 Å². The van der Waals surface area contributed by atoms with Gasteiger partial charge < -0.3 is 14.4 Å². The van der Waals surface area contributed by atoms with Crippen LogP contribution >= 0.6 is 34.8 Å². The second-order valence-corrected chi connectivity index (χ2v) is 10.7. The van der Waals surface area contributed by atoms with Crippen LogP contribution in [0.3, 0.4) is 0 Å². The number of rotatable bonds is 3. The summed E-state index contributed by atoms with van der Waals surface area (Å²) in [6, 6.07) is 7.76. The molecule has 0 aromatic heterocycles. The Morgan fingerprint density at radius 2 is 1.74 bits per heavy atom. The molecule has 1 saturated heterocycles. The van der Waals surface area contributed by atoms with Crippen molar-refractivity contribution in [2.24, 2.45) is 5.92 Å². The van der Waals surface area contributed by atoms with E-state index in [0.717, 1.165) is 29.5 Å². The van der Waals surface area contributed by atoms with E-state index in [0.29, 0.717) is 30.8 Å². The summed E-state index contributed by atoms with van der Waals surface area (Å²) < 4.78 is 54.5. The first-order valence-corrected chi connectivity index (χ1v) is 12.2. The average molecular weight is 547 g/mol. The van der Waals surface area contributed by atoms with E-state index in [-0.39, 0.29) is 32.5 Å². The van der Waals surface area contributed by atoms with Crippen LogP contribution < -0.4 is 0 Å². The number of nitrogens with zero attached hydrogens (tertiary/aromatic N) is 1. The topological polar surface area (TPSA) is 38.8 Å². The number of likely N-dealkylation sites (tertiary alicyclic amines) is 1. The lowest BCUT2D eigenvalue weighted by Gasteiger charge is -2.48. The van der Waals surface area contributed by atoms with E-state index >= 15 is 0 Å². The van der Waals surface area contributed by atoms with Crippen LogP contribution in [0.25, 0.3) is 5.57 Å². The van der Waals surface area contributed by atoms with Crippen LogP contribution in [0, 0.1) is 5.92 Å². The molecule has 2 aromatic carbocycles. The minimum Gasteiger partial charge on any atom is -0.480 e. The molecular formula is C25H21Cl3F3NO3. The fraction of sp³-hybridized carbons (Fsp3) is 0.400. The SMILES string of the molecule is CC(C)C(=O)N1CC2(C1)OCc1cc(C3=COC(c4cc(Cl)c(Cl)c(Cl)c4)(C(F)(F)F)C3)ccc12. The highest BCUT2D eigenvalue weighted by atomic mass is 35.5. The first kappa shape index (κ1) is 24.8. The summed E-state index contributed by atoms with van der Waals surface area (Å²) in [5.41, 5.74) is -0.555. The zero-order valence-corrected chi connectivity index (χ0v) is 21.1. The van der Waals surface area contributed by atoms with E-state index in [9.17, 15) is 18.0 Å². The summed E-state index contributed by atoms with van der Waals surface area (Å²) in [7, 11) is 0. The Kier molecular flexibility index (Phi) is 5.87. The lowest BCUT2D eigenvalue weighted by molar-refractivity contribution is -0.260. The number of carbonyl (C=O) groups is 1. The summed E-state index contributed by atoms with van der Waals surface area (Å²) in [6.07, 6.45) is -4.05. The molecule has 10 heteroatoms. The molecule has 5 rings (SSSR count). The van der Waals surface area contributed by atoms with Crippen molar-refractivity contribution in [1.29, 1.82) is 0 Å². The average Bonchev–Trinajstić information content (AvgIpc) is 3.38. The molecule has 4 nitrogen and oxygen atoms in total. The predicted molar refractivity (Wildman–Crippen MR) is 127 cm³/mol. The van der Waals surface area contributed by atoms with Gasteiger partial charge in [-0.1, -0.05) is 60.8 Å². The Balaban J connectivity index is 1.42. The molecule has 186 valence electrons. The fourth-order valence-corrected chi connectivity index (χ4v) is 5.58. The van der Waals surface area contributed by atoms with Gasteiger partial charge in [0.15, 0.2) is 0 Å². The standard InChI is InChI=1S/C25H21Cl3F3NO3/c1-13(2)22(33)32-11-23(12-32)18-4-3-14(5-15(18)9-34-23)16-8-24(35-10-16,25(29,30)31)17-6-19(26)21(28)20(27)7-17/h3-7,10,13H,8-9,11-12H2,1-2H3. The first-order valence-electron chi connectivity index (χ1n) is 11.0. The Labute approximate surface area is 215 Å². The third-order valence-electron chi connectivity index (χ3n) is 6.92. The number of halogens is 6. The molecule has 1 amide bonds. The Bertz CT molecular complexity index is 1230. The molecule has 1 atom stereocenters. The lowest BCUT2D eigenvalue weighted by Crippen LogP contribution is -2.61. The Morgan fingerprint density at radius 1 is 1.09 bits per heavy atom. The lowest BCUT2D eigenvalue weighted by atomic mass is 9.82. The zero-order valence-electron chi connectivity index (χ0n) is 18.8. The predicted octanol–water partition coefficient (Wildman–Crippen LogP) is 7.09. The largest absolute Gasteiger partial charge is 0.480 e. The van der Waals surface area contributed by atoms with E-state index in [2.05, 4.69) is 0 Å². The van der Waals surface area contributed by atoms with Crippen molar-refractivity contribution in [3.63, 3.8) is 0 Å². The smallest absolute Gasteiger partial charge is 0.432 e. The Morgan fingerprint density at radius 3 is 2.34 bits per heavy atom. The maximum Gasteiger partial charge on any atom is 0.432 e. The Hall–Kier alpha value is -1.93. The number of hydrogen-bond acceptors (Lipinski definition) is 3. The molecule has 1 unspecified atom stereocenters. The molecule has 3 heterocycles. The number of carbonyl (C=O) groups excluding carboxylic acids is 1. The minimum absolute atomic E-state index is 0.0159. The molecule has 0 bridgehead atoms. The zero-order chi connectivity index (χ0) is 25.3. The van der Waals surface area contributed by atoms with Gasteiger partial charge in [-0.3, -0.25) is 4.79 Å². The monoisotopic (exact) mass is 545 g/mol. The molecular weight excluding hydrogens is 526 g/mol. The second-order valence-electron chi connectivity index (χ2n) is 9.52. The van der Waals surface area contributed by atoms with Gasteiger partial charge in [0, 0.05) is 17.9 Å². The van der Waals surface area contributed by atoms with E-state index in [1.165, 1.54) is 0 Å². The summed E-state index contributed by atoms with van der Waals surface area (Å²) in [4.78, 5) is 14.0. The van der Waals surface area contributed by atoms with E-state index in [1.54, 1.807) is 11.0 Å². The number of ether oxygens (including phenoxy) is 2. The quantitative estimate of drug-likeness (QED) is 0.386. The van der Waals surface area contributed by atoms with E-state index in [4.69, 9.17) is 44.3 Å². The van der Waals surface area contributed by atoms with Crippen molar-refractivity contribution < 1.29 is 27.4 Å². The van der Waals surface area contributed by atoms with Gasteiger partial charge in [-0.25, -0.2) is 0 Å². The maximum absolute atomic E-state index is 14.4. The summed E-state index contributed by atoms with van der Waals surface area (Å²) in [5.74, 6) is -0.0207. The van der Waals surface area contributed by atoms with Crippen molar-refractivity contribution in [2.45, 2.75) is 44.3 Å². The van der Waals surface area contributed by atoms with Crippen LogP contribution in [0.5, 0.6) is 0 Å². The van der Waals surface area contributed by atoms with Gasteiger partial charge in [-0.15, -0.1) is 0 Å². The highest BCUT2D eigenvalue weighted by Gasteiger charge is 2.61. The summed E-state index contributed by atoms with van der Waals surface area (Å²) >= 11 is 18.0. The number of hydrogen-bond donors (Lipinski definition) is 0. The third-order valence-corrected chi connectivity index (χ3v) is 8.12. The van der Waals surface area contributed by atoms with Gasteiger partial charge in [0.05, 0.1) is 41.0 Å². The highest BCUT2D eigenvalue weighted by molar-refractivity contribution is 6.48. The van der Waals surface area contributed by atoms with Crippen LogP contribution in [0.4, 0.5) is 13.2 Å². The normalized spacial score (nSPS) is 22.8. The fourth-order valence-electron chi connectivity index (χ4n) is 4.99. The molecule has 0 saturated carbocycles. The first-order chi connectivity index (χ1) is 16.4. The van der Waals surface area contributed by atoms with Crippen molar-refractivity contribution in [3.05, 3.63) is 73.9 Å².